The molecule has 2 saturated heterocycles. The van der Waals surface area contributed by atoms with Crippen molar-refractivity contribution < 1.29 is 8.42 Å². The topological polar surface area (TPSA) is 52.7 Å². The largest absolute Gasteiger partial charge is 0.316 e. The van der Waals surface area contributed by atoms with Crippen LogP contribution >= 0.6 is 12.4 Å². The molecular formula is C12H26ClN3O2S. The Labute approximate surface area is 123 Å². The predicted octanol–water partition coefficient (Wildman–Crippen LogP) is 1.21. The number of halogens is 1. The first kappa shape index (κ1) is 17.2. The van der Waals surface area contributed by atoms with Crippen LogP contribution in [0.2, 0.25) is 0 Å². The van der Waals surface area contributed by atoms with Gasteiger partial charge in [-0.25, -0.2) is 0 Å². The SMILES string of the molecule is CNC1CCCN(S(=O)(=O)N2CCCCCC2)C1.Cl. The molecule has 0 aromatic carbocycles. The van der Waals surface area contributed by atoms with Gasteiger partial charge in [-0.3, -0.25) is 0 Å². The number of rotatable bonds is 3. The van der Waals surface area contributed by atoms with Crippen LogP contribution in [0.15, 0.2) is 0 Å². The van der Waals surface area contributed by atoms with Gasteiger partial charge in [-0.05, 0) is 32.7 Å². The van der Waals surface area contributed by atoms with E-state index in [1.54, 1.807) is 8.61 Å². The van der Waals surface area contributed by atoms with Crippen LogP contribution in [-0.2, 0) is 10.2 Å². The van der Waals surface area contributed by atoms with Crippen molar-refractivity contribution in [2.45, 2.75) is 44.6 Å². The van der Waals surface area contributed by atoms with Gasteiger partial charge in [0.25, 0.3) is 10.2 Å². The van der Waals surface area contributed by atoms with Crippen LogP contribution in [0, 0.1) is 0 Å². The van der Waals surface area contributed by atoms with E-state index in [1.807, 2.05) is 7.05 Å². The number of hydrogen-bond acceptors (Lipinski definition) is 3. The number of hydrogen-bond donors (Lipinski definition) is 1. The Morgan fingerprint density at radius 2 is 1.53 bits per heavy atom. The van der Waals surface area contributed by atoms with Crippen LogP contribution in [0.1, 0.15) is 38.5 Å². The zero-order valence-corrected chi connectivity index (χ0v) is 13.3. The Morgan fingerprint density at radius 1 is 0.947 bits per heavy atom. The molecule has 0 aromatic heterocycles. The van der Waals surface area contributed by atoms with Gasteiger partial charge in [-0.15, -0.1) is 12.4 Å². The van der Waals surface area contributed by atoms with Crippen molar-refractivity contribution in [3.63, 3.8) is 0 Å². The molecular weight excluding hydrogens is 286 g/mol. The minimum atomic E-state index is -3.22. The average Bonchev–Trinajstić information content (AvgIpc) is 2.68. The first-order valence-corrected chi connectivity index (χ1v) is 8.47. The molecule has 2 aliphatic heterocycles. The molecule has 1 atom stereocenters. The van der Waals surface area contributed by atoms with Gasteiger partial charge in [0, 0.05) is 32.2 Å². The second-order valence-electron chi connectivity index (χ2n) is 5.31. The second kappa shape index (κ2) is 7.78. The lowest BCUT2D eigenvalue weighted by Gasteiger charge is -2.35. The summed E-state index contributed by atoms with van der Waals surface area (Å²) < 4.78 is 28.5. The molecule has 0 bridgehead atoms. The second-order valence-corrected chi connectivity index (χ2v) is 7.24. The van der Waals surface area contributed by atoms with E-state index in [2.05, 4.69) is 5.32 Å². The summed E-state index contributed by atoms with van der Waals surface area (Å²) in [5.41, 5.74) is 0. The summed E-state index contributed by atoms with van der Waals surface area (Å²) >= 11 is 0. The van der Waals surface area contributed by atoms with E-state index in [9.17, 15) is 8.42 Å². The van der Waals surface area contributed by atoms with Gasteiger partial charge in [-0.2, -0.15) is 17.0 Å². The summed E-state index contributed by atoms with van der Waals surface area (Å²) in [7, 11) is -1.32. The number of piperidine rings is 1. The molecule has 1 unspecified atom stereocenters. The number of nitrogens with one attached hydrogen (secondary N) is 1. The standard InChI is InChI=1S/C12H25N3O2S.ClH/c1-13-12-7-6-10-15(11-12)18(16,17)14-8-4-2-3-5-9-14;/h12-13H,2-11H2,1H3;1H. The Bertz CT molecular complexity index is 356. The first-order chi connectivity index (χ1) is 8.64. The fraction of sp³-hybridized carbons (Fsp3) is 1.00. The Kier molecular flexibility index (Phi) is 7.04. The van der Waals surface area contributed by atoms with Gasteiger partial charge >= 0.3 is 0 Å². The summed E-state index contributed by atoms with van der Waals surface area (Å²) in [5.74, 6) is 0. The lowest BCUT2D eigenvalue weighted by atomic mass is 10.1. The van der Waals surface area contributed by atoms with Gasteiger partial charge in [0.2, 0.25) is 0 Å². The quantitative estimate of drug-likeness (QED) is 0.852. The third-order valence-corrected chi connectivity index (χ3v) is 6.01. The van der Waals surface area contributed by atoms with Crippen molar-refractivity contribution in [3.05, 3.63) is 0 Å². The fourth-order valence-electron chi connectivity index (χ4n) is 2.82. The fourth-order valence-corrected chi connectivity index (χ4v) is 4.60. The normalized spacial score (nSPS) is 27.5. The van der Waals surface area contributed by atoms with Crippen molar-refractivity contribution in [2.24, 2.45) is 0 Å². The number of likely N-dealkylation sites (N-methyl/N-ethyl adjacent to an activating group) is 1. The smallest absolute Gasteiger partial charge is 0.282 e. The Balaban J connectivity index is 0.00000180. The zero-order chi connectivity index (χ0) is 13.0. The highest BCUT2D eigenvalue weighted by molar-refractivity contribution is 7.86. The van der Waals surface area contributed by atoms with E-state index in [4.69, 9.17) is 0 Å². The highest BCUT2D eigenvalue weighted by Gasteiger charge is 2.33. The average molecular weight is 312 g/mol. The molecule has 7 heteroatoms. The zero-order valence-electron chi connectivity index (χ0n) is 11.7. The molecule has 0 amide bonds. The van der Waals surface area contributed by atoms with Gasteiger partial charge in [-0.1, -0.05) is 12.8 Å². The summed E-state index contributed by atoms with van der Waals surface area (Å²) in [4.78, 5) is 0. The van der Waals surface area contributed by atoms with Crippen LogP contribution in [0.25, 0.3) is 0 Å². The number of nitrogens with zero attached hydrogens (tertiary/aromatic N) is 2. The summed E-state index contributed by atoms with van der Waals surface area (Å²) in [6.45, 7) is 2.69. The first-order valence-electron chi connectivity index (χ1n) is 7.07. The molecule has 5 nitrogen and oxygen atoms in total. The lowest BCUT2D eigenvalue weighted by molar-refractivity contribution is 0.268. The van der Waals surface area contributed by atoms with Crippen molar-refractivity contribution in [1.82, 2.24) is 13.9 Å². The minimum Gasteiger partial charge on any atom is -0.316 e. The minimum absolute atomic E-state index is 0. The molecule has 0 aliphatic carbocycles. The van der Waals surface area contributed by atoms with E-state index >= 15 is 0 Å². The monoisotopic (exact) mass is 311 g/mol. The molecule has 2 fully saturated rings. The highest BCUT2D eigenvalue weighted by atomic mass is 35.5. The van der Waals surface area contributed by atoms with E-state index in [-0.39, 0.29) is 12.4 Å². The maximum absolute atomic E-state index is 12.6. The summed E-state index contributed by atoms with van der Waals surface area (Å²) in [6.07, 6.45) is 6.35. The van der Waals surface area contributed by atoms with Gasteiger partial charge in [0.15, 0.2) is 0 Å². The summed E-state index contributed by atoms with van der Waals surface area (Å²) in [5, 5.41) is 3.20. The molecule has 114 valence electrons. The van der Waals surface area contributed by atoms with E-state index < -0.39 is 10.2 Å². The van der Waals surface area contributed by atoms with E-state index in [1.165, 1.54) is 0 Å². The van der Waals surface area contributed by atoms with Crippen molar-refractivity contribution in [3.8, 4) is 0 Å². The van der Waals surface area contributed by atoms with Gasteiger partial charge < -0.3 is 5.32 Å². The lowest BCUT2D eigenvalue weighted by Crippen LogP contribution is -2.52. The molecule has 0 radical (unpaired) electrons. The van der Waals surface area contributed by atoms with Crippen LogP contribution in [-0.4, -0.2) is 56.3 Å². The van der Waals surface area contributed by atoms with E-state index in [0.29, 0.717) is 32.2 Å². The predicted molar refractivity (Wildman–Crippen MR) is 79.9 cm³/mol. The maximum atomic E-state index is 12.6. The molecule has 0 spiro atoms. The van der Waals surface area contributed by atoms with Crippen LogP contribution in [0.3, 0.4) is 0 Å². The molecule has 19 heavy (non-hydrogen) atoms. The third kappa shape index (κ3) is 4.29. The molecule has 2 rings (SSSR count). The Hall–Kier alpha value is 0.120. The van der Waals surface area contributed by atoms with Crippen molar-refractivity contribution >= 4 is 22.6 Å². The van der Waals surface area contributed by atoms with Crippen molar-refractivity contribution in [2.75, 3.05) is 33.2 Å². The summed E-state index contributed by atoms with van der Waals surface area (Å²) in [6, 6.07) is 0.306. The molecule has 2 aliphatic rings. The molecule has 2 heterocycles. The third-order valence-electron chi connectivity index (χ3n) is 4.01. The molecule has 0 aromatic rings. The van der Waals surface area contributed by atoms with Crippen LogP contribution < -0.4 is 5.32 Å². The van der Waals surface area contributed by atoms with Gasteiger partial charge in [0.1, 0.15) is 0 Å². The van der Waals surface area contributed by atoms with Gasteiger partial charge in [0.05, 0.1) is 0 Å². The Morgan fingerprint density at radius 3 is 2.11 bits per heavy atom. The molecule has 0 saturated carbocycles. The molecule has 1 N–H and O–H groups in total. The van der Waals surface area contributed by atoms with Crippen LogP contribution in [0.4, 0.5) is 0 Å². The van der Waals surface area contributed by atoms with Crippen molar-refractivity contribution in [1.29, 1.82) is 0 Å². The maximum Gasteiger partial charge on any atom is 0.282 e. The van der Waals surface area contributed by atoms with E-state index in [0.717, 1.165) is 38.5 Å². The van der Waals surface area contributed by atoms with Crippen LogP contribution in [0.5, 0.6) is 0 Å². The highest BCUT2D eigenvalue weighted by Crippen LogP contribution is 2.20.